The number of nitrogens with zero attached hydrogens (tertiary/aromatic N) is 5. The Balaban J connectivity index is 0.000000318. The van der Waals surface area contributed by atoms with Crippen LogP contribution < -0.4 is 14.5 Å². The number of aliphatic carboxylic acids is 3. The first-order valence-corrected chi connectivity index (χ1v) is 16.6. The Hall–Kier alpha value is -5.72. The lowest BCUT2D eigenvalue weighted by molar-refractivity contribution is -0.193. The Morgan fingerprint density at radius 1 is 0.745 bits per heavy atom. The van der Waals surface area contributed by atoms with Crippen LogP contribution >= 0.6 is 0 Å². The number of sulfonamides is 1. The first-order valence-electron chi connectivity index (χ1n) is 15.2. The van der Waals surface area contributed by atoms with Gasteiger partial charge in [-0.3, -0.25) is 5.10 Å². The van der Waals surface area contributed by atoms with Crippen LogP contribution in [0.1, 0.15) is 12.8 Å². The number of nitrogens with one attached hydrogen (secondary N) is 2. The lowest BCUT2D eigenvalue weighted by Crippen LogP contribution is -2.47. The number of carboxylic acid groups (broad SMARTS) is 3. The Morgan fingerprint density at radius 2 is 1.27 bits per heavy atom. The van der Waals surface area contributed by atoms with Crippen molar-refractivity contribution < 1.29 is 77.6 Å². The molecule has 25 heteroatoms. The van der Waals surface area contributed by atoms with E-state index in [-0.39, 0.29) is 6.04 Å². The maximum absolute atomic E-state index is 12.6. The van der Waals surface area contributed by atoms with E-state index in [1.165, 1.54) is 0 Å². The molecule has 0 unspecified atom stereocenters. The SMILES string of the molecule is O=C(O)C(F)(F)F.O=C(O)C(F)(F)F.O=C(O)C(F)(F)F.O=S(=O)(NC1CC1)c1cccc(N2CCN(c3ncnc4ccc(-c5cn[nH]c5)cc34)CC2)c1. The van der Waals surface area contributed by atoms with Gasteiger partial charge in [-0.1, -0.05) is 12.1 Å². The molecule has 0 amide bonds. The highest BCUT2D eigenvalue weighted by atomic mass is 32.2. The predicted molar refractivity (Wildman–Crippen MR) is 172 cm³/mol. The third-order valence-corrected chi connectivity index (χ3v) is 8.66. The van der Waals surface area contributed by atoms with Gasteiger partial charge in [-0.05, 0) is 48.7 Å². The van der Waals surface area contributed by atoms with E-state index in [9.17, 15) is 47.9 Å². The summed E-state index contributed by atoms with van der Waals surface area (Å²) in [7, 11) is -3.47. The topological polar surface area (TPSA) is 219 Å². The van der Waals surface area contributed by atoms with E-state index in [4.69, 9.17) is 29.7 Å². The van der Waals surface area contributed by atoms with E-state index in [1.807, 2.05) is 30.5 Å². The van der Waals surface area contributed by atoms with E-state index in [1.54, 1.807) is 24.7 Å². The van der Waals surface area contributed by atoms with Crippen molar-refractivity contribution in [2.45, 2.75) is 42.3 Å². The highest BCUT2D eigenvalue weighted by Gasteiger charge is 2.39. The van der Waals surface area contributed by atoms with Gasteiger partial charge in [0.2, 0.25) is 10.0 Å². The van der Waals surface area contributed by atoms with Crippen molar-refractivity contribution in [3.05, 3.63) is 61.2 Å². The molecule has 1 aliphatic carbocycles. The Kier molecular flexibility index (Phi) is 14.0. The highest BCUT2D eigenvalue weighted by Crippen LogP contribution is 2.30. The van der Waals surface area contributed by atoms with Crippen LogP contribution in [0.4, 0.5) is 51.0 Å². The number of carbonyl (C=O) groups is 3. The van der Waals surface area contributed by atoms with Crippen molar-refractivity contribution in [1.82, 2.24) is 24.9 Å². The number of aromatic amines is 1. The fourth-order valence-electron chi connectivity index (χ4n) is 4.40. The molecular formula is C30H28F9N7O8S. The summed E-state index contributed by atoms with van der Waals surface area (Å²) in [6.45, 7) is 3.09. The van der Waals surface area contributed by atoms with Gasteiger partial charge in [0, 0.05) is 55.1 Å². The molecule has 3 heterocycles. The minimum absolute atomic E-state index is 0.0916. The fourth-order valence-corrected chi connectivity index (χ4v) is 5.74. The Labute approximate surface area is 303 Å². The number of carboxylic acids is 3. The summed E-state index contributed by atoms with van der Waals surface area (Å²) in [6, 6.07) is 13.5. The van der Waals surface area contributed by atoms with Gasteiger partial charge in [0.25, 0.3) is 0 Å². The molecular weight excluding hydrogens is 789 g/mol. The third-order valence-electron chi connectivity index (χ3n) is 7.14. The van der Waals surface area contributed by atoms with Crippen LogP contribution in [0.25, 0.3) is 22.0 Å². The number of alkyl halides is 9. The molecule has 2 aromatic heterocycles. The zero-order valence-corrected chi connectivity index (χ0v) is 28.3. The van der Waals surface area contributed by atoms with Crippen LogP contribution in [-0.4, -0.2) is 113 Å². The number of hydrogen-bond acceptors (Lipinski definition) is 10. The molecule has 0 radical (unpaired) electrons. The molecule has 300 valence electrons. The monoisotopic (exact) mass is 817 g/mol. The summed E-state index contributed by atoms with van der Waals surface area (Å²) in [6.07, 6.45) is -8.12. The molecule has 1 aliphatic heterocycles. The van der Waals surface area contributed by atoms with Crippen LogP contribution in [0.5, 0.6) is 0 Å². The number of H-pyrrole nitrogens is 1. The standard InChI is InChI=1S/C24H25N7O2S.3C2HF3O2/c32-34(33,29-19-5-6-19)21-3-1-2-20(13-21)30-8-10-31(11-9-30)24-22-12-17(18-14-27-28-15-18)4-7-23(22)25-16-26-24;3*3-2(4,5)1(6)7/h1-4,7,12-16,19,29H,5-6,8-11H2,(H,27,28);3*(H,6,7). The van der Waals surface area contributed by atoms with Crippen molar-refractivity contribution >= 4 is 50.3 Å². The molecule has 2 aliphatic rings. The van der Waals surface area contributed by atoms with E-state index < -0.39 is 46.5 Å². The number of anilines is 2. The summed E-state index contributed by atoms with van der Waals surface area (Å²) in [5.41, 5.74) is 3.91. The number of piperazine rings is 1. The van der Waals surface area contributed by atoms with E-state index in [0.29, 0.717) is 4.90 Å². The van der Waals surface area contributed by atoms with Crippen molar-refractivity contribution in [1.29, 1.82) is 0 Å². The van der Waals surface area contributed by atoms with Crippen LogP contribution in [0.2, 0.25) is 0 Å². The number of halogens is 9. The second kappa shape index (κ2) is 17.6. The molecule has 6 rings (SSSR count). The number of aromatic nitrogens is 4. The van der Waals surface area contributed by atoms with Gasteiger partial charge < -0.3 is 25.1 Å². The van der Waals surface area contributed by atoms with Gasteiger partial charge in [-0.2, -0.15) is 44.6 Å². The quantitative estimate of drug-likeness (QED) is 0.167. The lowest BCUT2D eigenvalue weighted by Gasteiger charge is -2.37. The second-order valence-corrected chi connectivity index (χ2v) is 12.9. The van der Waals surface area contributed by atoms with Gasteiger partial charge in [-0.25, -0.2) is 37.5 Å². The van der Waals surface area contributed by atoms with Crippen molar-refractivity contribution in [2.24, 2.45) is 0 Å². The zero-order chi connectivity index (χ0) is 41.4. The van der Waals surface area contributed by atoms with Crippen LogP contribution in [0, 0.1) is 0 Å². The molecule has 4 aromatic rings. The number of rotatable bonds is 6. The molecule has 0 spiro atoms. The van der Waals surface area contributed by atoms with Gasteiger partial charge in [0.1, 0.15) is 12.1 Å². The van der Waals surface area contributed by atoms with Crippen LogP contribution in [0.3, 0.4) is 0 Å². The summed E-state index contributed by atoms with van der Waals surface area (Å²) >= 11 is 0. The summed E-state index contributed by atoms with van der Waals surface area (Å²) in [5, 5.41) is 29.3. The third kappa shape index (κ3) is 13.3. The number of hydrogen-bond donors (Lipinski definition) is 5. The number of benzene rings is 2. The smallest absolute Gasteiger partial charge is 0.475 e. The van der Waals surface area contributed by atoms with Gasteiger partial charge in [-0.15, -0.1) is 0 Å². The lowest BCUT2D eigenvalue weighted by atomic mass is 10.1. The van der Waals surface area contributed by atoms with Gasteiger partial charge in [0.05, 0.1) is 16.6 Å². The average molecular weight is 818 g/mol. The normalized spacial score (nSPS) is 14.7. The predicted octanol–water partition coefficient (Wildman–Crippen LogP) is 4.69. The average Bonchev–Trinajstić information content (AvgIpc) is 3.73. The van der Waals surface area contributed by atoms with Crippen molar-refractivity contribution in [3.63, 3.8) is 0 Å². The highest BCUT2D eigenvalue weighted by molar-refractivity contribution is 7.89. The first-order chi connectivity index (χ1) is 25.4. The summed E-state index contributed by atoms with van der Waals surface area (Å²) in [4.78, 5) is 40.6. The van der Waals surface area contributed by atoms with E-state index in [0.717, 1.165) is 72.6 Å². The van der Waals surface area contributed by atoms with Crippen molar-refractivity contribution in [3.8, 4) is 11.1 Å². The minimum atomic E-state index is -5.08. The molecule has 2 aromatic carbocycles. The van der Waals surface area contributed by atoms with Gasteiger partial charge in [0.15, 0.2) is 0 Å². The molecule has 2 fully saturated rings. The second-order valence-electron chi connectivity index (χ2n) is 11.2. The van der Waals surface area contributed by atoms with E-state index in [2.05, 4.69) is 40.8 Å². The first kappa shape index (κ1) is 43.7. The maximum atomic E-state index is 12.6. The maximum Gasteiger partial charge on any atom is 0.490 e. The van der Waals surface area contributed by atoms with Crippen LogP contribution in [-0.2, 0) is 24.4 Å². The Morgan fingerprint density at radius 3 is 1.75 bits per heavy atom. The molecule has 15 nitrogen and oxygen atoms in total. The minimum Gasteiger partial charge on any atom is -0.475 e. The molecule has 0 atom stereocenters. The molecule has 55 heavy (non-hydrogen) atoms. The Bertz CT molecular complexity index is 1990. The molecule has 1 saturated heterocycles. The summed E-state index contributed by atoms with van der Waals surface area (Å²) < 4.78 is 123. The van der Waals surface area contributed by atoms with Crippen LogP contribution in [0.15, 0.2) is 66.1 Å². The summed E-state index contributed by atoms with van der Waals surface area (Å²) in [5.74, 6) is -7.35. The molecule has 1 saturated carbocycles. The number of fused-ring (bicyclic) bond motifs is 1. The molecule has 5 N–H and O–H groups in total. The van der Waals surface area contributed by atoms with Crippen molar-refractivity contribution in [2.75, 3.05) is 36.0 Å². The largest absolute Gasteiger partial charge is 0.490 e. The van der Waals surface area contributed by atoms with Gasteiger partial charge >= 0.3 is 36.4 Å². The zero-order valence-electron chi connectivity index (χ0n) is 27.5. The van der Waals surface area contributed by atoms with E-state index >= 15 is 0 Å². The molecule has 0 bridgehead atoms. The fraction of sp³-hybridized carbons (Fsp3) is 0.333.